The van der Waals surface area contributed by atoms with Crippen molar-refractivity contribution in [3.8, 4) is 5.75 Å². The van der Waals surface area contributed by atoms with Crippen LogP contribution in [0, 0.1) is 5.92 Å². The second-order valence-electron chi connectivity index (χ2n) is 8.90. The van der Waals surface area contributed by atoms with E-state index in [0.29, 0.717) is 6.61 Å². The van der Waals surface area contributed by atoms with Crippen LogP contribution in [0.15, 0.2) is 30.4 Å². The molecule has 2 unspecified atom stereocenters. The molecule has 0 bridgehead atoms. The van der Waals surface area contributed by atoms with Crippen molar-refractivity contribution in [2.24, 2.45) is 5.92 Å². The zero-order valence-electron chi connectivity index (χ0n) is 18.7. The van der Waals surface area contributed by atoms with Gasteiger partial charge in [-0.2, -0.15) is 0 Å². The Labute approximate surface area is 177 Å². The van der Waals surface area contributed by atoms with Crippen LogP contribution in [0.2, 0.25) is 0 Å². The molecule has 1 fully saturated rings. The number of ether oxygens (including phenoxy) is 3. The molecule has 1 aromatic carbocycles. The van der Waals surface area contributed by atoms with Crippen molar-refractivity contribution in [3.05, 3.63) is 35.9 Å². The Kier molecular flexibility index (Phi) is 8.02. The lowest BCUT2D eigenvalue weighted by Gasteiger charge is -2.44. The summed E-state index contributed by atoms with van der Waals surface area (Å²) in [5, 5.41) is 3.41. The molecule has 0 saturated heterocycles. The molecule has 4 heteroatoms. The van der Waals surface area contributed by atoms with Crippen LogP contribution in [0.5, 0.6) is 5.75 Å². The summed E-state index contributed by atoms with van der Waals surface area (Å²) in [4.78, 5) is 0. The quantitative estimate of drug-likeness (QED) is 0.494. The van der Waals surface area contributed by atoms with Crippen molar-refractivity contribution >= 4 is 5.69 Å². The van der Waals surface area contributed by atoms with Crippen molar-refractivity contribution in [1.29, 1.82) is 0 Å². The Bertz CT molecular complexity index is 664. The molecule has 3 rings (SSSR count). The van der Waals surface area contributed by atoms with Gasteiger partial charge in [0.2, 0.25) is 0 Å². The third kappa shape index (κ3) is 5.76. The highest BCUT2D eigenvalue weighted by Crippen LogP contribution is 2.44. The van der Waals surface area contributed by atoms with Gasteiger partial charge in [-0.15, -0.1) is 0 Å². The number of hydrogen-bond donors (Lipinski definition) is 1. The summed E-state index contributed by atoms with van der Waals surface area (Å²) < 4.78 is 19.2. The molecule has 2 aliphatic rings. The number of anilines is 1. The summed E-state index contributed by atoms with van der Waals surface area (Å²) in [5.74, 6) is 1.72. The first-order valence-corrected chi connectivity index (χ1v) is 11.5. The van der Waals surface area contributed by atoms with E-state index in [1.54, 1.807) is 0 Å². The lowest BCUT2D eigenvalue weighted by molar-refractivity contribution is -0.158. The Morgan fingerprint density at radius 3 is 2.69 bits per heavy atom. The molecule has 1 N–H and O–H groups in total. The molecular formula is C25H39NO3. The highest BCUT2D eigenvalue weighted by Gasteiger charge is 2.45. The van der Waals surface area contributed by atoms with E-state index in [0.717, 1.165) is 42.5 Å². The van der Waals surface area contributed by atoms with Gasteiger partial charge in [-0.3, -0.25) is 0 Å². The van der Waals surface area contributed by atoms with E-state index in [9.17, 15) is 0 Å². The van der Waals surface area contributed by atoms with Crippen molar-refractivity contribution in [2.75, 3.05) is 25.1 Å². The van der Waals surface area contributed by atoms with Crippen molar-refractivity contribution in [1.82, 2.24) is 0 Å². The number of benzene rings is 1. The maximum atomic E-state index is 6.57. The molecule has 2 atom stereocenters. The fourth-order valence-corrected chi connectivity index (χ4v) is 4.61. The molecule has 29 heavy (non-hydrogen) atoms. The van der Waals surface area contributed by atoms with E-state index in [-0.39, 0.29) is 12.2 Å². The largest absolute Gasteiger partial charge is 0.485 e. The van der Waals surface area contributed by atoms with Gasteiger partial charge in [-0.25, -0.2) is 0 Å². The van der Waals surface area contributed by atoms with Crippen LogP contribution in [0.3, 0.4) is 0 Å². The molecular weight excluding hydrogens is 362 g/mol. The summed E-state index contributed by atoms with van der Waals surface area (Å²) in [7, 11) is 0. The molecule has 0 radical (unpaired) electrons. The fraction of sp³-hybridized carbons (Fsp3) is 0.680. The van der Waals surface area contributed by atoms with Gasteiger partial charge in [-0.1, -0.05) is 44.3 Å². The SMILES string of the molecule is C/C=C/COC1C(OCCC2CCCCC2)c2cc(NCC)ccc2OC1(C)C. The van der Waals surface area contributed by atoms with Crippen LogP contribution in [0.1, 0.15) is 77.9 Å². The third-order valence-corrected chi connectivity index (χ3v) is 6.19. The van der Waals surface area contributed by atoms with E-state index >= 15 is 0 Å². The molecule has 0 amide bonds. The number of hydrogen-bond acceptors (Lipinski definition) is 4. The van der Waals surface area contributed by atoms with Gasteiger partial charge < -0.3 is 19.5 Å². The van der Waals surface area contributed by atoms with Crippen LogP contribution in [0.25, 0.3) is 0 Å². The minimum Gasteiger partial charge on any atom is -0.485 e. The van der Waals surface area contributed by atoms with Gasteiger partial charge in [0.15, 0.2) is 0 Å². The summed E-state index contributed by atoms with van der Waals surface area (Å²) in [6.45, 7) is 10.6. The molecule has 0 aromatic heterocycles. The molecule has 4 nitrogen and oxygen atoms in total. The summed E-state index contributed by atoms with van der Waals surface area (Å²) >= 11 is 0. The van der Waals surface area contributed by atoms with Crippen LogP contribution in [0.4, 0.5) is 5.69 Å². The van der Waals surface area contributed by atoms with Gasteiger partial charge in [0.05, 0.1) is 6.61 Å². The smallest absolute Gasteiger partial charge is 0.132 e. The lowest BCUT2D eigenvalue weighted by atomic mass is 9.86. The first-order chi connectivity index (χ1) is 14.0. The minimum absolute atomic E-state index is 0.124. The van der Waals surface area contributed by atoms with Crippen LogP contribution in [-0.4, -0.2) is 31.5 Å². The maximum Gasteiger partial charge on any atom is 0.132 e. The van der Waals surface area contributed by atoms with Crippen LogP contribution in [-0.2, 0) is 9.47 Å². The fourth-order valence-electron chi connectivity index (χ4n) is 4.61. The zero-order chi connectivity index (χ0) is 20.7. The lowest BCUT2D eigenvalue weighted by Crippen LogP contribution is -2.51. The standard InChI is InChI=1S/C25H39NO3/c1-5-7-16-28-24-23(27-17-15-19-11-9-8-10-12-19)21-18-20(26-6-2)13-14-22(21)29-25(24,3)4/h5,7,13-14,18-19,23-24,26H,6,8-12,15-17H2,1-4H3/b7-5+. The van der Waals surface area contributed by atoms with Crippen LogP contribution >= 0.6 is 0 Å². The molecule has 1 aromatic rings. The highest BCUT2D eigenvalue weighted by atomic mass is 16.6. The topological polar surface area (TPSA) is 39.7 Å². The highest BCUT2D eigenvalue weighted by molar-refractivity contribution is 5.53. The summed E-state index contributed by atoms with van der Waals surface area (Å²) in [6.07, 6.45) is 11.8. The van der Waals surface area contributed by atoms with Gasteiger partial charge in [0, 0.05) is 24.4 Å². The number of nitrogens with one attached hydrogen (secondary N) is 1. The molecule has 1 heterocycles. The third-order valence-electron chi connectivity index (χ3n) is 6.19. The van der Waals surface area contributed by atoms with Gasteiger partial charge in [-0.05, 0) is 58.2 Å². The number of rotatable bonds is 9. The van der Waals surface area contributed by atoms with Crippen LogP contribution < -0.4 is 10.1 Å². The second kappa shape index (κ2) is 10.5. The Morgan fingerprint density at radius 2 is 1.97 bits per heavy atom. The Morgan fingerprint density at radius 1 is 1.17 bits per heavy atom. The maximum absolute atomic E-state index is 6.57. The Hall–Kier alpha value is -1.52. The van der Waals surface area contributed by atoms with Crippen molar-refractivity contribution in [2.45, 2.75) is 84.0 Å². The van der Waals surface area contributed by atoms with Gasteiger partial charge in [0.1, 0.15) is 23.6 Å². The van der Waals surface area contributed by atoms with Gasteiger partial charge >= 0.3 is 0 Å². The van der Waals surface area contributed by atoms with E-state index in [1.165, 1.54) is 32.1 Å². The zero-order valence-corrected chi connectivity index (χ0v) is 18.7. The minimum atomic E-state index is -0.455. The van der Waals surface area contributed by atoms with E-state index in [4.69, 9.17) is 14.2 Å². The van der Waals surface area contributed by atoms with Crippen molar-refractivity contribution < 1.29 is 14.2 Å². The monoisotopic (exact) mass is 401 g/mol. The average Bonchev–Trinajstić information content (AvgIpc) is 2.71. The molecule has 1 aliphatic carbocycles. The van der Waals surface area contributed by atoms with E-state index in [2.05, 4.69) is 44.3 Å². The molecule has 162 valence electrons. The van der Waals surface area contributed by atoms with E-state index < -0.39 is 5.60 Å². The van der Waals surface area contributed by atoms with Crippen molar-refractivity contribution in [3.63, 3.8) is 0 Å². The number of allylic oxidation sites excluding steroid dienone is 1. The van der Waals surface area contributed by atoms with Gasteiger partial charge in [0.25, 0.3) is 0 Å². The average molecular weight is 402 g/mol. The predicted molar refractivity (Wildman–Crippen MR) is 120 cm³/mol. The molecule has 0 spiro atoms. The Balaban J connectivity index is 1.79. The number of fused-ring (bicyclic) bond motifs is 1. The van der Waals surface area contributed by atoms with E-state index in [1.807, 2.05) is 19.1 Å². The molecule has 1 aliphatic heterocycles. The normalized spacial score (nSPS) is 24.3. The predicted octanol–water partition coefficient (Wildman–Crippen LogP) is 6.28. The first-order valence-electron chi connectivity index (χ1n) is 11.5. The summed E-state index contributed by atoms with van der Waals surface area (Å²) in [5.41, 5.74) is 1.74. The summed E-state index contributed by atoms with van der Waals surface area (Å²) in [6, 6.07) is 6.32. The second-order valence-corrected chi connectivity index (χ2v) is 8.90. The molecule has 1 saturated carbocycles. The first kappa shape index (κ1) is 22.2.